The van der Waals surface area contributed by atoms with Crippen molar-refractivity contribution in [2.45, 2.75) is 38.0 Å². The molecule has 84 valence electrons. The molecule has 0 aromatic heterocycles. The van der Waals surface area contributed by atoms with Crippen LogP contribution in [0.5, 0.6) is 5.75 Å². The van der Waals surface area contributed by atoms with Crippen molar-refractivity contribution in [3.63, 3.8) is 0 Å². The predicted octanol–water partition coefficient (Wildman–Crippen LogP) is 4.04. The van der Waals surface area contributed by atoms with Crippen LogP contribution in [0, 0.1) is 0 Å². The van der Waals surface area contributed by atoms with Crippen LogP contribution in [-0.2, 0) is 6.42 Å². The molecule has 0 spiro atoms. The van der Waals surface area contributed by atoms with Crippen molar-refractivity contribution in [3.8, 4) is 5.75 Å². The van der Waals surface area contributed by atoms with Gasteiger partial charge in [0, 0.05) is 5.38 Å². The molecule has 1 nitrogen and oxygen atoms in total. The lowest BCUT2D eigenvalue weighted by Gasteiger charge is -2.08. The first-order valence-electron chi connectivity index (χ1n) is 5.53. The fraction of sp³-hybridized carbons (Fsp3) is 0.538. The maximum Gasteiger partial charge on any atom is 0.118 e. The van der Waals surface area contributed by atoms with Crippen molar-refractivity contribution in [2.24, 2.45) is 0 Å². The maximum atomic E-state index is 6.16. The zero-order valence-electron chi connectivity index (χ0n) is 9.50. The van der Waals surface area contributed by atoms with Crippen LogP contribution in [0.3, 0.4) is 0 Å². The van der Waals surface area contributed by atoms with E-state index in [2.05, 4.69) is 19.1 Å². The van der Waals surface area contributed by atoms with E-state index in [9.17, 15) is 0 Å². The Morgan fingerprint density at radius 3 is 2.40 bits per heavy atom. The molecule has 0 saturated carbocycles. The molecule has 15 heavy (non-hydrogen) atoms. The van der Waals surface area contributed by atoms with Crippen molar-refractivity contribution in [1.29, 1.82) is 0 Å². The molecule has 1 rings (SSSR count). The number of hydrogen-bond acceptors (Lipinski definition) is 1. The Morgan fingerprint density at radius 2 is 1.87 bits per heavy atom. The Hall–Kier alpha value is -0.690. The number of aryl methyl sites for hydroxylation is 1. The molecular formula is C13H19ClO. The van der Waals surface area contributed by atoms with Crippen LogP contribution in [0.1, 0.15) is 31.7 Å². The average Bonchev–Trinajstić information content (AvgIpc) is 2.27. The second-order valence-corrected chi connectivity index (χ2v) is 4.39. The summed E-state index contributed by atoms with van der Waals surface area (Å²) in [4.78, 5) is 0. The number of rotatable bonds is 6. The van der Waals surface area contributed by atoms with E-state index >= 15 is 0 Å². The molecule has 0 N–H and O–H groups in total. The van der Waals surface area contributed by atoms with E-state index < -0.39 is 0 Å². The molecule has 0 heterocycles. The monoisotopic (exact) mass is 226 g/mol. The molecule has 0 aliphatic carbocycles. The van der Waals surface area contributed by atoms with E-state index in [1.54, 1.807) is 7.11 Å². The number of benzene rings is 1. The fourth-order valence-corrected chi connectivity index (χ4v) is 1.90. The molecule has 0 amide bonds. The number of alkyl halides is 1. The first-order chi connectivity index (χ1) is 7.26. The van der Waals surface area contributed by atoms with Gasteiger partial charge in [0.2, 0.25) is 0 Å². The van der Waals surface area contributed by atoms with Crippen molar-refractivity contribution < 1.29 is 4.74 Å². The molecular weight excluding hydrogens is 208 g/mol. The van der Waals surface area contributed by atoms with Gasteiger partial charge in [-0.05, 0) is 37.0 Å². The van der Waals surface area contributed by atoms with Gasteiger partial charge in [0.15, 0.2) is 0 Å². The quantitative estimate of drug-likeness (QED) is 0.666. The van der Waals surface area contributed by atoms with Crippen molar-refractivity contribution >= 4 is 11.6 Å². The Morgan fingerprint density at radius 1 is 1.20 bits per heavy atom. The topological polar surface area (TPSA) is 9.23 Å². The summed E-state index contributed by atoms with van der Waals surface area (Å²) in [7, 11) is 1.69. The highest BCUT2D eigenvalue weighted by molar-refractivity contribution is 6.20. The third kappa shape index (κ3) is 4.57. The summed E-state index contributed by atoms with van der Waals surface area (Å²) in [6.45, 7) is 2.17. The maximum absolute atomic E-state index is 6.16. The molecule has 0 aliphatic rings. The average molecular weight is 227 g/mol. The van der Waals surface area contributed by atoms with E-state index in [1.165, 1.54) is 5.56 Å². The third-order valence-corrected chi connectivity index (χ3v) is 2.94. The molecule has 0 saturated heterocycles. The minimum atomic E-state index is 0.317. The number of ether oxygens (including phenoxy) is 1. The molecule has 2 heteroatoms. The third-order valence-electron chi connectivity index (χ3n) is 2.51. The highest BCUT2D eigenvalue weighted by Gasteiger charge is 2.03. The summed E-state index contributed by atoms with van der Waals surface area (Å²) in [6, 6.07) is 8.21. The second-order valence-electron chi connectivity index (χ2n) is 3.77. The Labute approximate surface area is 97.4 Å². The van der Waals surface area contributed by atoms with Gasteiger partial charge >= 0.3 is 0 Å². The van der Waals surface area contributed by atoms with Gasteiger partial charge in [-0.15, -0.1) is 11.6 Å². The smallest absolute Gasteiger partial charge is 0.118 e. The highest BCUT2D eigenvalue weighted by atomic mass is 35.5. The Bertz CT molecular complexity index is 268. The van der Waals surface area contributed by atoms with E-state index in [0.29, 0.717) is 5.38 Å². The van der Waals surface area contributed by atoms with Gasteiger partial charge in [0.1, 0.15) is 5.75 Å². The molecule has 0 bridgehead atoms. The SMILES string of the molecule is CCCC(Cl)CCc1ccc(OC)cc1. The van der Waals surface area contributed by atoms with E-state index in [-0.39, 0.29) is 0 Å². The fourth-order valence-electron chi connectivity index (χ4n) is 1.57. The van der Waals surface area contributed by atoms with Crippen LogP contribution in [0.15, 0.2) is 24.3 Å². The standard InChI is InChI=1S/C13H19ClO/c1-3-4-12(14)8-5-11-6-9-13(15-2)10-7-11/h6-7,9-10,12H,3-5,8H2,1-2H3. The molecule has 1 unspecified atom stereocenters. The van der Waals surface area contributed by atoms with Crippen LogP contribution in [0.4, 0.5) is 0 Å². The number of methoxy groups -OCH3 is 1. The number of hydrogen-bond donors (Lipinski definition) is 0. The number of halogens is 1. The zero-order valence-corrected chi connectivity index (χ0v) is 10.3. The van der Waals surface area contributed by atoms with Crippen molar-refractivity contribution in [2.75, 3.05) is 7.11 Å². The molecule has 1 aromatic carbocycles. The summed E-state index contributed by atoms with van der Waals surface area (Å²) in [5.74, 6) is 0.912. The van der Waals surface area contributed by atoms with Crippen LogP contribution in [0.25, 0.3) is 0 Å². The first kappa shape index (κ1) is 12.4. The minimum absolute atomic E-state index is 0.317. The van der Waals surface area contributed by atoms with Gasteiger partial charge in [-0.25, -0.2) is 0 Å². The largest absolute Gasteiger partial charge is 0.497 e. The van der Waals surface area contributed by atoms with Gasteiger partial charge in [-0.2, -0.15) is 0 Å². The van der Waals surface area contributed by atoms with Crippen LogP contribution >= 0.6 is 11.6 Å². The van der Waals surface area contributed by atoms with Gasteiger partial charge in [0.05, 0.1) is 7.11 Å². The summed E-state index contributed by atoms with van der Waals surface area (Å²) >= 11 is 6.16. The van der Waals surface area contributed by atoms with E-state index in [0.717, 1.165) is 31.4 Å². The molecule has 0 aliphatic heterocycles. The minimum Gasteiger partial charge on any atom is -0.497 e. The lowest BCUT2D eigenvalue weighted by atomic mass is 10.1. The zero-order chi connectivity index (χ0) is 11.1. The van der Waals surface area contributed by atoms with Gasteiger partial charge in [-0.3, -0.25) is 0 Å². The lowest BCUT2D eigenvalue weighted by Crippen LogP contribution is -2.00. The van der Waals surface area contributed by atoms with Crippen LogP contribution in [-0.4, -0.2) is 12.5 Å². The molecule has 1 atom stereocenters. The Balaban J connectivity index is 2.37. The predicted molar refractivity (Wildman–Crippen MR) is 65.9 cm³/mol. The molecule has 1 aromatic rings. The Kier molecular flexibility index (Phi) is 5.56. The highest BCUT2D eigenvalue weighted by Crippen LogP contribution is 2.16. The summed E-state index contributed by atoms with van der Waals surface area (Å²) in [5.41, 5.74) is 1.33. The van der Waals surface area contributed by atoms with Crippen molar-refractivity contribution in [3.05, 3.63) is 29.8 Å². The first-order valence-corrected chi connectivity index (χ1v) is 5.97. The lowest BCUT2D eigenvalue weighted by molar-refractivity contribution is 0.414. The van der Waals surface area contributed by atoms with Gasteiger partial charge in [-0.1, -0.05) is 25.5 Å². The van der Waals surface area contributed by atoms with Gasteiger partial charge in [0.25, 0.3) is 0 Å². The van der Waals surface area contributed by atoms with E-state index in [4.69, 9.17) is 16.3 Å². The second kappa shape index (κ2) is 6.73. The van der Waals surface area contributed by atoms with Crippen LogP contribution < -0.4 is 4.74 Å². The summed E-state index contributed by atoms with van der Waals surface area (Å²) < 4.78 is 5.11. The van der Waals surface area contributed by atoms with Crippen LogP contribution in [0.2, 0.25) is 0 Å². The normalized spacial score (nSPS) is 12.5. The van der Waals surface area contributed by atoms with Crippen molar-refractivity contribution in [1.82, 2.24) is 0 Å². The summed E-state index contributed by atoms with van der Waals surface area (Å²) in [6.07, 6.45) is 4.38. The van der Waals surface area contributed by atoms with E-state index in [1.807, 2.05) is 12.1 Å². The molecule has 0 fully saturated rings. The summed E-state index contributed by atoms with van der Waals surface area (Å²) in [5, 5.41) is 0.317. The van der Waals surface area contributed by atoms with Gasteiger partial charge < -0.3 is 4.74 Å². The molecule has 0 radical (unpaired) electrons.